The predicted octanol–water partition coefficient (Wildman–Crippen LogP) is 1.24. The Bertz CT molecular complexity index is 497. The summed E-state index contributed by atoms with van der Waals surface area (Å²) in [4.78, 5) is 27.7. The van der Waals surface area contributed by atoms with Crippen LogP contribution in [0.4, 0.5) is 0 Å². The van der Waals surface area contributed by atoms with Gasteiger partial charge in [0, 0.05) is 17.9 Å². The van der Waals surface area contributed by atoms with Crippen LogP contribution < -0.4 is 5.32 Å². The fraction of sp³-hybridized carbons (Fsp3) is 0.643. The van der Waals surface area contributed by atoms with Crippen LogP contribution in [-0.2, 0) is 27.2 Å². The highest BCUT2D eigenvalue weighted by molar-refractivity contribution is 7.09. The molecule has 1 amide bonds. The third-order valence-electron chi connectivity index (χ3n) is 3.49. The zero-order valence-electron chi connectivity index (χ0n) is 12.0. The normalized spacial score (nSPS) is 20.0. The van der Waals surface area contributed by atoms with Gasteiger partial charge in [0.1, 0.15) is 6.04 Å². The van der Waals surface area contributed by atoms with E-state index in [1.165, 1.54) is 11.3 Å². The first-order valence-corrected chi connectivity index (χ1v) is 8.01. The minimum absolute atomic E-state index is 0.119. The van der Waals surface area contributed by atoms with E-state index in [1.54, 1.807) is 0 Å². The van der Waals surface area contributed by atoms with E-state index in [2.05, 4.69) is 10.3 Å². The molecule has 7 heteroatoms. The number of carbonyl (C=O) groups is 2. The Morgan fingerprint density at radius 2 is 2.43 bits per heavy atom. The molecule has 2 heterocycles. The molecule has 116 valence electrons. The standard InChI is InChI=1S/C14H20N2O4S/c1-2-12-15-10(8-21-12)6-11(17)16-13(14(18)19)9-4-3-5-20-7-9/h8-9,13H,2-7H2,1H3,(H,16,17)(H,18,19). The third-order valence-corrected chi connectivity index (χ3v) is 4.53. The van der Waals surface area contributed by atoms with Crippen molar-refractivity contribution in [1.29, 1.82) is 0 Å². The highest BCUT2D eigenvalue weighted by Crippen LogP contribution is 2.18. The van der Waals surface area contributed by atoms with Gasteiger partial charge in [-0.1, -0.05) is 6.92 Å². The molecule has 0 radical (unpaired) electrons. The Balaban J connectivity index is 1.92. The summed E-state index contributed by atoms with van der Waals surface area (Å²) >= 11 is 1.52. The molecule has 1 saturated heterocycles. The molecule has 2 unspecified atom stereocenters. The Labute approximate surface area is 127 Å². The number of hydrogen-bond acceptors (Lipinski definition) is 5. The van der Waals surface area contributed by atoms with Crippen LogP contribution in [0.5, 0.6) is 0 Å². The van der Waals surface area contributed by atoms with Crippen molar-refractivity contribution in [3.8, 4) is 0 Å². The predicted molar refractivity (Wildman–Crippen MR) is 78.3 cm³/mol. The lowest BCUT2D eigenvalue weighted by atomic mass is 9.93. The SMILES string of the molecule is CCc1nc(CC(=O)NC(C(=O)O)C2CCCOC2)cs1. The van der Waals surface area contributed by atoms with Crippen molar-refractivity contribution in [2.45, 2.75) is 38.6 Å². The molecule has 1 aliphatic heterocycles. The Kier molecular flexibility index (Phi) is 5.69. The molecular formula is C14H20N2O4S. The van der Waals surface area contributed by atoms with Gasteiger partial charge in [-0.05, 0) is 19.3 Å². The molecule has 1 aromatic heterocycles. The van der Waals surface area contributed by atoms with E-state index in [-0.39, 0.29) is 18.2 Å². The van der Waals surface area contributed by atoms with Gasteiger partial charge in [-0.15, -0.1) is 11.3 Å². The number of nitrogens with one attached hydrogen (secondary N) is 1. The van der Waals surface area contributed by atoms with Crippen LogP contribution in [0, 0.1) is 5.92 Å². The number of nitrogens with zero attached hydrogens (tertiary/aromatic N) is 1. The van der Waals surface area contributed by atoms with Crippen LogP contribution in [0.2, 0.25) is 0 Å². The zero-order valence-corrected chi connectivity index (χ0v) is 12.8. The quantitative estimate of drug-likeness (QED) is 0.825. The molecule has 2 rings (SSSR count). The Hall–Kier alpha value is -1.47. The molecule has 0 saturated carbocycles. The summed E-state index contributed by atoms with van der Waals surface area (Å²) in [5, 5.41) is 14.7. The lowest BCUT2D eigenvalue weighted by molar-refractivity contribution is -0.145. The van der Waals surface area contributed by atoms with Crippen molar-refractivity contribution in [2.75, 3.05) is 13.2 Å². The second-order valence-corrected chi connectivity index (χ2v) is 6.07. The van der Waals surface area contributed by atoms with Crippen molar-refractivity contribution in [2.24, 2.45) is 5.92 Å². The molecule has 1 aliphatic rings. The van der Waals surface area contributed by atoms with Crippen molar-refractivity contribution in [3.05, 3.63) is 16.1 Å². The number of amides is 1. The molecule has 6 nitrogen and oxygen atoms in total. The third kappa shape index (κ3) is 4.50. The summed E-state index contributed by atoms with van der Waals surface area (Å²) < 4.78 is 5.31. The molecular weight excluding hydrogens is 292 g/mol. The molecule has 1 aromatic rings. The lowest BCUT2D eigenvalue weighted by Crippen LogP contribution is -2.48. The maximum atomic E-state index is 12.0. The number of thiazole rings is 1. The average molecular weight is 312 g/mol. The fourth-order valence-electron chi connectivity index (χ4n) is 2.39. The van der Waals surface area contributed by atoms with Gasteiger partial charge in [0.25, 0.3) is 0 Å². The topological polar surface area (TPSA) is 88.5 Å². The maximum absolute atomic E-state index is 12.0. The highest BCUT2D eigenvalue weighted by Gasteiger charge is 2.31. The van der Waals surface area contributed by atoms with Crippen LogP contribution in [0.1, 0.15) is 30.5 Å². The molecule has 0 aliphatic carbocycles. The summed E-state index contributed by atoms with van der Waals surface area (Å²) in [7, 11) is 0. The van der Waals surface area contributed by atoms with Gasteiger partial charge in [0.15, 0.2) is 0 Å². The molecule has 0 spiro atoms. The summed E-state index contributed by atoms with van der Waals surface area (Å²) in [6.07, 6.45) is 2.54. The minimum Gasteiger partial charge on any atom is -0.480 e. The van der Waals surface area contributed by atoms with Crippen molar-refractivity contribution in [3.63, 3.8) is 0 Å². The number of carboxylic acids is 1. The van der Waals surface area contributed by atoms with Gasteiger partial charge >= 0.3 is 5.97 Å². The largest absolute Gasteiger partial charge is 0.480 e. The van der Waals surface area contributed by atoms with Crippen molar-refractivity contribution >= 4 is 23.2 Å². The summed E-state index contributed by atoms with van der Waals surface area (Å²) in [6.45, 7) is 3.05. The van der Waals surface area contributed by atoms with Gasteiger partial charge in [-0.25, -0.2) is 9.78 Å². The first-order valence-electron chi connectivity index (χ1n) is 7.13. The highest BCUT2D eigenvalue weighted by atomic mass is 32.1. The van der Waals surface area contributed by atoms with Gasteiger partial charge in [-0.2, -0.15) is 0 Å². The number of aliphatic carboxylic acids is 1. The van der Waals surface area contributed by atoms with E-state index in [1.807, 2.05) is 12.3 Å². The number of carbonyl (C=O) groups excluding carboxylic acids is 1. The summed E-state index contributed by atoms with van der Waals surface area (Å²) in [6, 6.07) is -0.887. The number of hydrogen-bond donors (Lipinski definition) is 2. The van der Waals surface area contributed by atoms with Gasteiger partial charge in [0.2, 0.25) is 5.91 Å². The van der Waals surface area contributed by atoms with E-state index in [9.17, 15) is 14.7 Å². The van der Waals surface area contributed by atoms with Gasteiger partial charge in [-0.3, -0.25) is 4.79 Å². The van der Waals surface area contributed by atoms with Crippen LogP contribution >= 0.6 is 11.3 Å². The number of carboxylic acid groups (broad SMARTS) is 1. The molecule has 0 aromatic carbocycles. The first-order chi connectivity index (χ1) is 10.1. The Morgan fingerprint density at radius 3 is 3.00 bits per heavy atom. The Morgan fingerprint density at radius 1 is 1.62 bits per heavy atom. The average Bonchev–Trinajstić information content (AvgIpc) is 2.93. The van der Waals surface area contributed by atoms with Crippen LogP contribution in [-0.4, -0.2) is 41.2 Å². The van der Waals surface area contributed by atoms with Crippen molar-refractivity contribution < 1.29 is 19.4 Å². The number of rotatable bonds is 6. The van der Waals surface area contributed by atoms with Gasteiger partial charge < -0.3 is 15.2 Å². The van der Waals surface area contributed by atoms with E-state index in [0.717, 1.165) is 24.3 Å². The molecule has 2 N–H and O–H groups in total. The van der Waals surface area contributed by atoms with Crippen LogP contribution in [0.15, 0.2) is 5.38 Å². The van der Waals surface area contributed by atoms with E-state index in [4.69, 9.17) is 4.74 Å². The smallest absolute Gasteiger partial charge is 0.326 e. The van der Waals surface area contributed by atoms with E-state index < -0.39 is 12.0 Å². The molecule has 21 heavy (non-hydrogen) atoms. The van der Waals surface area contributed by atoms with E-state index in [0.29, 0.717) is 18.9 Å². The van der Waals surface area contributed by atoms with E-state index >= 15 is 0 Å². The molecule has 2 atom stereocenters. The second-order valence-electron chi connectivity index (χ2n) is 5.12. The summed E-state index contributed by atoms with van der Waals surface area (Å²) in [5.41, 5.74) is 0.693. The van der Waals surface area contributed by atoms with Gasteiger partial charge in [0.05, 0.1) is 23.7 Å². The number of aromatic nitrogens is 1. The molecule has 1 fully saturated rings. The van der Waals surface area contributed by atoms with Crippen molar-refractivity contribution in [1.82, 2.24) is 10.3 Å². The van der Waals surface area contributed by atoms with Crippen LogP contribution in [0.25, 0.3) is 0 Å². The second kappa shape index (κ2) is 7.51. The fourth-order valence-corrected chi connectivity index (χ4v) is 3.14. The zero-order chi connectivity index (χ0) is 15.2. The number of aryl methyl sites for hydroxylation is 1. The maximum Gasteiger partial charge on any atom is 0.326 e. The monoisotopic (exact) mass is 312 g/mol. The van der Waals surface area contributed by atoms with Crippen LogP contribution in [0.3, 0.4) is 0 Å². The number of ether oxygens (including phenoxy) is 1. The summed E-state index contributed by atoms with van der Waals surface area (Å²) in [5.74, 6) is -1.48. The minimum atomic E-state index is -1.01. The first kappa shape index (κ1) is 15.9. The molecule has 0 bridgehead atoms. The lowest BCUT2D eigenvalue weighted by Gasteiger charge is -2.28.